The second-order valence-corrected chi connectivity index (χ2v) is 11.8. The molecule has 222 valence electrons. The zero-order valence-corrected chi connectivity index (χ0v) is 24.7. The fourth-order valence-electron chi connectivity index (χ4n) is 6.79. The van der Waals surface area contributed by atoms with Gasteiger partial charge in [0.1, 0.15) is 5.69 Å². The quantitative estimate of drug-likeness (QED) is 0.272. The Kier molecular flexibility index (Phi) is 7.90. The Morgan fingerprint density at radius 1 is 0.907 bits per heavy atom. The van der Waals surface area contributed by atoms with Gasteiger partial charge in [0.25, 0.3) is 11.5 Å². The number of aromatic nitrogens is 2. The zero-order chi connectivity index (χ0) is 30.0. The van der Waals surface area contributed by atoms with Crippen LogP contribution in [-0.4, -0.2) is 44.3 Å². The highest BCUT2D eigenvalue weighted by molar-refractivity contribution is 6.05. The third-order valence-electron chi connectivity index (χ3n) is 9.00. The highest BCUT2D eigenvalue weighted by Gasteiger charge is 2.47. The summed E-state index contributed by atoms with van der Waals surface area (Å²) in [4.78, 5) is 42.1. The van der Waals surface area contributed by atoms with Gasteiger partial charge in [-0.3, -0.25) is 19.2 Å². The van der Waals surface area contributed by atoms with E-state index in [0.717, 1.165) is 32.4 Å². The van der Waals surface area contributed by atoms with E-state index in [4.69, 9.17) is 0 Å². The summed E-state index contributed by atoms with van der Waals surface area (Å²) >= 11 is 0. The fourth-order valence-corrected chi connectivity index (χ4v) is 6.79. The second kappa shape index (κ2) is 11.9. The van der Waals surface area contributed by atoms with E-state index in [2.05, 4.69) is 45.1 Å². The minimum atomic E-state index is -0.425. The zero-order valence-electron chi connectivity index (χ0n) is 24.7. The number of nitrogens with one attached hydrogen (secondary N) is 3. The molecule has 2 heterocycles. The van der Waals surface area contributed by atoms with Crippen LogP contribution in [0.3, 0.4) is 0 Å². The molecule has 6 rings (SSSR count). The molecule has 2 fully saturated rings. The molecular weight excluding hydrogens is 540 g/mol. The lowest BCUT2D eigenvalue weighted by molar-refractivity contribution is 0.102. The molecule has 1 aliphatic carbocycles. The number of rotatable bonds is 7. The number of para-hydroxylation sites is 1. The third-order valence-corrected chi connectivity index (χ3v) is 9.00. The van der Waals surface area contributed by atoms with E-state index >= 15 is 0 Å². The molecule has 9 nitrogen and oxygen atoms in total. The monoisotopic (exact) mass is 578 g/mol. The number of urea groups is 1. The largest absolute Gasteiger partial charge is 0.334 e. The topological polar surface area (TPSA) is 100 Å². The van der Waals surface area contributed by atoms with Crippen molar-refractivity contribution in [3.63, 3.8) is 0 Å². The van der Waals surface area contributed by atoms with Crippen molar-refractivity contribution < 1.29 is 9.59 Å². The summed E-state index contributed by atoms with van der Waals surface area (Å²) in [5.41, 5.74) is 3.52. The maximum absolute atomic E-state index is 13.2. The Balaban J connectivity index is 1.11. The first-order valence-electron chi connectivity index (χ1n) is 14.9. The van der Waals surface area contributed by atoms with Gasteiger partial charge in [-0.05, 0) is 62.1 Å². The maximum Gasteiger partial charge on any atom is 0.319 e. The van der Waals surface area contributed by atoms with E-state index in [1.165, 1.54) is 23.1 Å². The van der Waals surface area contributed by atoms with Crippen LogP contribution in [0.2, 0.25) is 0 Å². The number of hydrogen-bond donors (Lipinski definition) is 3. The summed E-state index contributed by atoms with van der Waals surface area (Å²) in [5, 5.41) is 8.88. The van der Waals surface area contributed by atoms with Gasteiger partial charge in [-0.25, -0.2) is 9.48 Å². The minimum Gasteiger partial charge on any atom is -0.334 e. The summed E-state index contributed by atoms with van der Waals surface area (Å²) in [6.45, 7) is 3.48. The molecule has 1 saturated carbocycles. The van der Waals surface area contributed by atoms with Gasteiger partial charge in [0, 0.05) is 43.0 Å². The van der Waals surface area contributed by atoms with Crippen molar-refractivity contribution in [2.75, 3.05) is 17.2 Å². The van der Waals surface area contributed by atoms with E-state index in [9.17, 15) is 14.4 Å². The van der Waals surface area contributed by atoms with Gasteiger partial charge in [0.15, 0.2) is 0 Å². The fraction of sp³-hybridized carbons (Fsp3) is 0.324. The second-order valence-electron chi connectivity index (χ2n) is 11.8. The Bertz CT molecular complexity index is 1670. The number of carbonyl (C=O) groups is 2. The van der Waals surface area contributed by atoms with Gasteiger partial charge < -0.3 is 16.0 Å². The van der Waals surface area contributed by atoms with Crippen LogP contribution in [0, 0.1) is 6.92 Å². The first kappa shape index (κ1) is 28.5. The van der Waals surface area contributed by atoms with Crippen LogP contribution >= 0.6 is 0 Å². The van der Waals surface area contributed by atoms with Crippen LogP contribution < -0.4 is 21.5 Å². The van der Waals surface area contributed by atoms with Crippen molar-refractivity contribution >= 4 is 23.3 Å². The molecule has 1 atom stereocenters. The normalized spacial score (nSPS) is 17.7. The lowest BCUT2D eigenvalue weighted by Gasteiger charge is -2.34. The minimum absolute atomic E-state index is 0.0427. The molecule has 1 unspecified atom stereocenters. The molecule has 3 aromatic carbocycles. The highest BCUT2D eigenvalue weighted by Crippen LogP contribution is 2.44. The number of anilines is 2. The van der Waals surface area contributed by atoms with Crippen LogP contribution in [-0.2, 0) is 13.6 Å². The Labute approximate surface area is 251 Å². The lowest BCUT2D eigenvalue weighted by atomic mass is 9.92. The smallest absolute Gasteiger partial charge is 0.319 e. The van der Waals surface area contributed by atoms with Crippen molar-refractivity contribution in [1.82, 2.24) is 19.6 Å². The summed E-state index contributed by atoms with van der Waals surface area (Å²) in [6, 6.07) is 26.3. The van der Waals surface area contributed by atoms with Crippen LogP contribution in [0.15, 0.2) is 89.7 Å². The Morgan fingerprint density at radius 2 is 1.60 bits per heavy atom. The first-order valence-corrected chi connectivity index (χ1v) is 14.9. The van der Waals surface area contributed by atoms with Crippen LogP contribution in [0.5, 0.6) is 0 Å². The van der Waals surface area contributed by atoms with Gasteiger partial charge in [0.05, 0.1) is 11.4 Å². The van der Waals surface area contributed by atoms with Gasteiger partial charge >= 0.3 is 6.03 Å². The molecule has 1 aromatic heterocycles. The number of amides is 3. The summed E-state index contributed by atoms with van der Waals surface area (Å²) < 4.78 is 3.24. The Morgan fingerprint density at radius 3 is 2.33 bits per heavy atom. The molecule has 1 spiro atoms. The van der Waals surface area contributed by atoms with Crippen molar-refractivity contribution in [1.29, 1.82) is 0 Å². The van der Waals surface area contributed by atoms with Gasteiger partial charge in [-0.15, -0.1) is 0 Å². The van der Waals surface area contributed by atoms with E-state index in [1.54, 1.807) is 42.9 Å². The number of hydrogen-bond acceptors (Lipinski definition) is 4. The average molecular weight is 579 g/mol. The number of likely N-dealkylation sites (tertiary alicyclic amines) is 1. The molecule has 0 bridgehead atoms. The van der Waals surface area contributed by atoms with Crippen LogP contribution in [0.4, 0.5) is 16.2 Å². The molecule has 43 heavy (non-hydrogen) atoms. The molecule has 3 amide bonds. The molecule has 3 N–H and O–H groups in total. The molecule has 2 aliphatic rings. The first-order chi connectivity index (χ1) is 20.8. The van der Waals surface area contributed by atoms with Gasteiger partial charge in [-0.1, -0.05) is 67.4 Å². The van der Waals surface area contributed by atoms with Crippen LogP contribution in [0.1, 0.15) is 53.7 Å². The Hall–Kier alpha value is -4.63. The summed E-state index contributed by atoms with van der Waals surface area (Å²) in [5.74, 6) is -0.425. The SMILES string of the molecule is Cc1c(NC(=O)c2cccc(NC(=O)NC3CN(Cc4ccccc4)C4(CCCC4)C3)c2)c(=O)n(-c2ccccc2)n1C. The number of nitrogens with zero attached hydrogens (tertiary/aromatic N) is 3. The molecule has 4 aromatic rings. The van der Waals surface area contributed by atoms with Gasteiger partial charge in [-0.2, -0.15) is 0 Å². The summed E-state index contributed by atoms with van der Waals surface area (Å²) in [6.07, 6.45) is 5.71. The summed E-state index contributed by atoms with van der Waals surface area (Å²) in [7, 11) is 1.78. The average Bonchev–Trinajstić information content (AvgIpc) is 3.67. The van der Waals surface area contributed by atoms with E-state index in [-0.39, 0.29) is 28.9 Å². The molecule has 1 aliphatic heterocycles. The van der Waals surface area contributed by atoms with E-state index in [0.29, 0.717) is 22.6 Å². The van der Waals surface area contributed by atoms with Crippen LogP contribution in [0.25, 0.3) is 5.69 Å². The van der Waals surface area contributed by atoms with Gasteiger partial charge in [0.2, 0.25) is 0 Å². The molecular formula is C34H38N6O3. The predicted octanol–water partition coefficient (Wildman–Crippen LogP) is 5.45. The third kappa shape index (κ3) is 5.85. The molecule has 9 heteroatoms. The van der Waals surface area contributed by atoms with E-state index < -0.39 is 5.91 Å². The van der Waals surface area contributed by atoms with Crippen molar-refractivity contribution in [3.05, 3.63) is 112 Å². The molecule has 0 radical (unpaired) electrons. The highest BCUT2D eigenvalue weighted by atomic mass is 16.2. The van der Waals surface area contributed by atoms with Crippen molar-refractivity contribution in [3.8, 4) is 5.69 Å². The number of carbonyl (C=O) groups excluding carboxylic acids is 2. The predicted molar refractivity (Wildman–Crippen MR) is 169 cm³/mol. The lowest BCUT2D eigenvalue weighted by Crippen LogP contribution is -2.40. The number of benzene rings is 3. The maximum atomic E-state index is 13.2. The van der Waals surface area contributed by atoms with E-state index in [1.807, 2.05) is 36.4 Å². The standard InChI is InChI=1S/C34H38N6O3/c1-24-30(32(42)40(38(24)2)29-16-7-4-8-17-29)37-31(41)26-14-11-15-27(20-26)35-33(43)36-28-21-34(18-9-10-19-34)39(23-28)22-25-12-5-3-6-13-25/h3-8,11-17,20,28H,9-10,18-19,21-23H2,1-2H3,(H,37,41)(H2,35,36,43). The molecule has 1 saturated heterocycles. The van der Waals surface area contributed by atoms with Crippen molar-refractivity contribution in [2.24, 2.45) is 7.05 Å². The van der Waals surface area contributed by atoms with Crippen molar-refractivity contribution in [2.45, 2.75) is 57.2 Å².